The Hall–Kier alpha value is -0.670. The van der Waals surface area contributed by atoms with Crippen LogP contribution >= 0.6 is 11.8 Å². The Morgan fingerprint density at radius 3 is 2.44 bits per heavy atom. The van der Waals surface area contributed by atoms with Gasteiger partial charge < -0.3 is 5.73 Å². The summed E-state index contributed by atoms with van der Waals surface area (Å²) in [5.74, 6) is 1.20. The molecule has 0 spiro atoms. The fourth-order valence-electron chi connectivity index (χ4n) is 1.79. The minimum Gasteiger partial charge on any atom is -0.399 e. The smallest absolute Gasteiger partial charge is 0.0314 e. The first-order valence-corrected chi connectivity index (χ1v) is 7.10. The monoisotopic (exact) mass is 238 g/mol. The molecule has 16 heavy (non-hydrogen) atoms. The summed E-state index contributed by atoms with van der Waals surface area (Å²) in [6, 6.07) is 8.82. The number of benzene rings is 1. The zero-order valence-electron chi connectivity index (χ0n) is 10.4. The highest BCUT2D eigenvalue weighted by molar-refractivity contribution is 7.98. The van der Waals surface area contributed by atoms with Crippen molar-refractivity contribution in [1.29, 1.82) is 0 Å². The van der Waals surface area contributed by atoms with Crippen LogP contribution < -0.4 is 5.73 Å². The van der Waals surface area contributed by atoms with Crippen molar-refractivity contribution in [1.82, 2.24) is 4.90 Å². The summed E-state index contributed by atoms with van der Waals surface area (Å²) in [6.45, 7) is 3.25. The summed E-state index contributed by atoms with van der Waals surface area (Å²) in [5.41, 5.74) is 7.84. The second kappa shape index (κ2) is 6.81. The molecule has 0 amide bonds. The average molecular weight is 238 g/mol. The van der Waals surface area contributed by atoms with Gasteiger partial charge >= 0.3 is 0 Å². The number of nitrogens with two attached hydrogens (primary N) is 1. The van der Waals surface area contributed by atoms with Gasteiger partial charge in [0.25, 0.3) is 0 Å². The Morgan fingerprint density at radius 2 is 1.94 bits per heavy atom. The summed E-state index contributed by atoms with van der Waals surface area (Å²) in [7, 11) is 2.20. The van der Waals surface area contributed by atoms with E-state index in [9.17, 15) is 0 Å². The van der Waals surface area contributed by atoms with Gasteiger partial charge in [-0.25, -0.2) is 0 Å². The number of rotatable bonds is 6. The van der Waals surface area contributed by atoms with Gasteiger partial charge in [-0.2, -0.15) is 11.8 Å². The molecule has 1 rings (SSSR count). The summed E-state index contributed by atoms with van der Waals surface area (Å²) in [5, 5.41) is 0. The van der Waals surface area contributed by atoms with Crippen molar-refractivity contribution in [3.63, 3.8) is 0 Å². The summed E-state index contributed by atoms with van der Waals surface area (Å²) in [6.07, 6.45) is 3.37. The second-order valence-electron chi connectivity index (χ2n) is 4.17. The van der Waals surface area contributed by atoms with E-state index in [1.807, 2.05) is 23.9 Å². The molecule has 2 N–H and O–H groups in total. The zero-order valence-corrected chi connectivity index (χ0v) is 11.3. The van der Waals surface area contributed by atoms with Crippen LogP contribution in [0.3, 0.4) is 0 Å². The van der Waals surface area contributed by atoms with Crippen LogP contribution in [0.4, 0.5) is 5.69 Å². The van der Waals surface area contributed by atoms with E-state index < -0.39 is 0 Å². The maximum absolute atomic E-state index is 5.67. The van der Waals surface area contributed by atoms with Crippen molar-refractivity contribution < 1.29 is 0 Å². The lowest BCUT2D eigenvalue weighted by atomic mass is 10.1. The zero-order chi connectivity index (χ0) is 12.0. The first kappa shape index (κ1) is 13.4. The lowest BCUT2D eigenvalue weighted by molar-refractivity contribution is 0.248. The summed E-state index contributed by atoms with van der Waals surface area (Å²) < 4.78 is 0. The highest BCUT2D eigenvalue weighted by Crippen LogP contribution is 2.13. The van der Waals surface area contributed by atoms with Crippen LogP contribution in [0.1, 0.15) is 18.9 Å². The SMILES string of the molecule is CCC(CSC)N(C)Cc1ccc(N)cc1. The molecule has 0 radical (unpaired) electrons. The topological polar surface area (TPSA) is 29.3 Å². The molecule has 1 unspecified atom stereocenters. The predicted octanol–water partition coefficient (Wildman–Crippen LogP) is 2.84. The van der Waals surface area contributed by atoms with Crippen LogP contribution in [0.15, 0.2) is 24.3 Å². The summed E-state index contributed by atoms with van der Waals surface area (Å²) >= 11 is 1.91. The Kier molecular flexibility index (Phi) is 5.71. The normalized spacial score (nSPS) is 13.0. The Morgan fingerprint density at radius 1 is 1.31 bits per heavy atom. The van der Waals surface area contributed by atoms with Crippen molar-refractivity contribution in [3.8, 4) is 0 Å². The Labute approximate surface area is 103 Å². The van der Waals surface area contributed by atoms with Crippen molar-refractivity contribution in [2.75, 3.05) is 24.8 Å². The molecule has 0 aliphatic heterocycles. The molecule has 0 heterocycles. The van der Waals surface area contributed by atoms with Crippen molar-refractivity contribution in [3.05, 3.63) is 29.8 Å². The van der Waals surface area contributed by atoms with Gasteiger partial charge in [-0.1, -0.05) is 19.1 Å². The van der Waals surface area contributed by atoms with E-state index in [-0.39, 0.29) is 0 Å². The fourth-order valence-corrected chi connectivity index (χ4v) is 2.66. The van der Waals surface area contributed by atoms with Crippen molar-refractivity contribution in [2.45, 2.75) is 25.9 Å². The lowest BCUT2D eigenvalue weighted by Crippen LogP contribution is -2.32. The van der Waals surface area contributed by atoms with Gasteiger partial charge in [-0.3, -0.25) is 4.90 Å². The highest BCUT2D eigenvalue weighted by atomic mass is 32.2. The highest BCUT2D eigenvalue weighted by Gasteiger charge is 2.11. The Bertz CT molecular complexity index is 297. The minimum absolute atomic E-state index is 0.660. The third-order valence-corrected chi connectivity index (χ3v) is 3.58. The van der Waals surface area contributed by atoms with Crippen LogP contribution in [-0.4, -0.2) is 30.0 Å². The van der Waals surface area contributed by atoms with Crippen LogP contribution in [-0.2, 0) is 6.54 Å². The number of nitrogens with zero attached hydrogens (tertiary/aromatic N) is 1. The number of hydrogen-bond donors (Lipinski definition) is 1. The van der Waals surface area contributed by atoms with E-state index in [0.717, 1.165) is 12.2 Å². The predicted molar refractivity (Wildman–Crippen MR) is 74.8 cm³/mol. The lowest BCUT2D eigenvalue weighted by Gasteiger charge is -2.26. The third-order valence-electron chi connectivity index (χ3n) is 2.87. The van der Waals surface area contributed by atoms with E-state index >= 15 is 0 Å². The molecule has 0 saturated heterocycles. The molecule has 1 aromatic carbocycles. The number of nitrogen functional groups attached to an aromatic ring is 1. The molecule has 1 aromatic rings. The minimum atomic E-state index is 0.660. The molecule has 2 nitrogen and oxygen atoms in total. The first-order chi connectivity index (χ1) is 7.67. The molecule has 0 aliphatic rings. The molecular weight excluding hydrogens is 216 g/mol. The number of anilines is 1. The quantitative estimate of drug-likeness (QED) is 0.773. The standard InChI is InChI=1S/C13H22N2S/c1-4-13(10-16-3)15(2)9-11-5-7-12(14)8-6-11/h5-8,13H,4,9-10,14H2,1-3H3. The van der Waals surface area contributed by atoms with Crippen molar-refractivity contribution >= 4 is 17.4 Å². The molecular formula is C13H22N2S. The molecule has 0 saturated carbocycles. The Balaban J connectivity index is 2.55. The molecule has 1 atom stereocenters. The van der Waals surface area contributed by atoms with Gasteiger partial charge in [0, 0.05) is 24.0 Å². The number of thioether (sulfide) groups is 1. The van der Waals surface area contributed by atoms with Crippen LogP contribution in [0, 0.1) is 0 Å². The van der Waals surface area contributed by atoms with Crippen LogP contribution in [0.2, 0.25) is 0 Å². The maximum Gasteiger partial charge on any atom is 0.0314 e. The third kappa shape index (κ3) is 4.06. The van der Waals surface area contributed by atoms with E-state index in [1.165, 1.54) is 17.7 Å². The van der Waals surface area contributed by atoms with E-state index in [2.05, 4.69) is 37.3 Å². The summed E-state index contributed by atoms with van der Waals surface area (Å²) in [4.78, 5) is 2.42. The van der Waals surface area contributed by atoms with Crippen LogP contribution in [0.25, 0.3) is 0 Å². The molecule has 3 heteroatoms. The molecule has 90 valence electrons. The van der Waals surface area contributed by atoms with Crippen LogP contribution in [0.5, 0.6) is 0 Å². The first-order valence-electron chi connectivity index (χ1n) is 5.71. The molecule has 0 fully saturated rings. The van der Waals surface area contributed by atoms with Gasteiger partial charge in [-0.05, 0) is 37.4 Å². The van der Waals surface area contributed by atoms with E-state index in [1.54, 1.807) is 0 Å². The number of hydrogen-bond acceptors (Lipinski definition) is 3. The van der Waals surface area contributed by atoms with Crippen molar-refractivity contribution in [2.24, 2.45) is 0 Å². The molecule has 0 aliphatic carbocycles. The van der Waals surface area contributed by atoms with Gasteiger partial charge in [0.15, 0.2) is 0 Å². The fraction of sp³-hybridized carbons (Fsp3) is 0.538. The van der Waals surface area contributed by atoms with E-state index in [4.69, 9.17) is 5.73 Å². The largest absolute Gasteiger partial charge is 0.399 e. The maximum atomic E-state index is 5.67. The average Bonchev–Trinajstić information content (AvgIpc) is 2.29. The van der Waals surface area contributed by atoms with Gasteiger partial charge in [0.05, 0.1) is 0 Å². The van der Waals surface area contributed by atoms with Gasteiger partial charge in [0.1, 0.15) is 0 Å². The second-order valence-corrected chi connectivity index (χ2v) is 5.08. The molecule has 0 bridgehead atoms. The van der Waals surface area contributed by atoms with Gasteiger partial charge in [-0.15, -0.1) is 0 Å². The molecule has 0 aromatic heterocycles. The van der Waals surface area contributed by atoms with E-state index in [0.29, 0.717) is 6.04 Å². The van der Waals surface area contributed by atoms with Gasteiger partial charge in [0.2, 0.25) is 0 Å².